The van der Waals surface area contributed by atoms with Crippen LogP contribution in [-0.2, 0) is 17.8 Å². The number of halogens is 1. The lowest BCUT2D eigenvalue weighted by Crippen LogP contribution is -2.40. The van der Waals surface area contributed by atoms with Crippen LogP contribution in [0.3, 0.4) is 0 Å². The molecule has 8 heteroatoms. The second kappa shape index (κ2) is 10.5. The van der Waals surface area contributed by atoms with Crippen LogP contribution in [0.5, 0.6) is 0 Å². The Bertz CT molecular complexity index is 1170. The molecule has 2 heterocycles. The van der Waals surface area contributed by atoms with Crippen LogP contribution in [-0.4, -0.2) is 40.2 Å². The second-order valence-electron chi connectivity index (χ2n) is 8.59. The number of carboxylic acid groups (broad SMARTS) is 1. The molecule has 1 atom stereocenters. The Morgan fingerprint density at radius 2 is 1.94 bits per heavy atom. The number of nitrogens with two attached hydrogens (primary N) is 1. The highest BCUT2D eigenvalue weighted by Gasteiger charge is 2.25. The van der Waals surface area contributed by atoms with E-state index in [0.717, 1.165) is 31.5 Å². The number of nitrogens with zero attached hydrogens (tertiary/aromatic N) is 3. The van der Waals surface area contributed by atoms with Gasteiger partial charge in [-0.25, -0.2) is 9.38 Å². The number of rotatable bonds is 7. The van der Waals surface area contributed by atoms with E-state index >= 15 is 0 Å². The average molecular weight is 465 g/mol. The minimum atomic E-state index is -1.00. The van der Waals surface area contributed by atoms with E-state index in [1.54, 1.807) is 6.07 Å². The highest BCUT2D eigenvalue weighted by molar-refractivity contribution is 5.78. The van der Waals surface area contributed by atoms with E-state index in [-0.39, 0.29) is 18.8 Å². The summed E-state index contributed by atoms with van der Waals surface area (Å²) in [6.07, 6.45) is 3.07. The van der Waals surface area contributed by atoms with Gasteiger partial charge in [0, 0.05) is 30.1 Å². The van der Waals surface area contributed by atoms with Gasteiger partial charge in [0.05, 0.1) is 13.0 Å². The van der Waals surface area contributed by atoms with Crippen molar-refractivity contribution < 1.29 is 18.8 Å². The molecule has 1 saturated heterocycles. The number of carboxylic acids is 1. The first kappa shape index (κ1) is 23.5. The molecule has 1 aliphatic rings. The molecule has 1 unspecified atom stereocenters. The maximum Gasteiger partial charge on any atom is 0.308 e. The number of piperidine rings is 1. The number of likely N-dealkylation sites (tertiary alicyclic amines) is 1. The van der Waals surface area contributed by atoms with E-state index in [4.69, 9.17) is 10.3 Å². The summed E-state index contributed by atoms with van der Waals surface area (Å²) in [6, 6.07) is 14.3. The maximum atomic E-state index is 14.9. The van der Waals surface area contributed by atoms with Gasteiger partial charge in [-0.3, -0.25) is 4.79 Å². The third-order valence-electron chi connectivity index (χ3n) is 6.27. The van der Waals surface area contributed by atoms with Crippen molar-refractivity contribution in [1.29, 1.82) is 0 Å². The van der Waals surface area contributed by atoms with Gasteiger partial charge in [0.25, 0.3) is 0 Å². The molecule has 7 nitrogen and oxygen atoms in total. The van der Waals surface area contributed by atoms with Gasteiger partial charge in [-0.2, -0.15) is 0 Å². The van der Waals surface area contributed by atoms with Crippen molar-refractivity contribution in [1.82, 2.24) is 10.1 Å². The molecule has 3 aromatic rings. The first-order valence-electron chi connectivity index (χ1n) is 11.5. The third-order valence-corrected chi connectivity index (χ3v) is 6.27. The Labute approximate surface area is 198 Å². The predicted octanol–water partition coefficient (Wildman–Crippen LogP) is 4.56. The zero-order valence-electron chi connectivity index (χ0n) is 19.2. The number of guanidine groups is 1. The predicted molar refractivity (Wildman–Crippen MR) is 128 cm³/mol. The van der Waals surface area contributed by atoms with Crippen molar-refractivity contribution >= 4 is 11.9 Å². The second-order valence-corrected chi connectivity index (χ2v) is 8.59. The molecule has 0 bridgehead atoms. The van der Waals surface area contributed by atoms with Crippen LogP contribution in [0.4, 0.5) is 4.39 Å². The molecule has 34 heavy (non-hydrogen) atoms. The molecule has 0 amide bonds. The van der Waals surface area contributed by atoms with Crippen LogP contribution in [0.2, 0.25) is 0 Å². The minimum absolute atomic E-state index is 0.127. The summed E-state index contributed by atoms with van der Waals surface area (Å²) in [5, 5.41) is 13.6. The van der Waals surface area contributed by atoms with Gasteiger partial charge in [0.2, 0.25) is 0 Å². The Balaban J connectivity index is 1.59. The zero-order valence-corrected chi connectivity index (χ0v) is 19.2. The summed E-state index contributed by atoms with van der Waals surface area (Å²) in [5.74, 6) is -0.919. The first-order chi connectivity index (χ1) is 16.4. The molecule has 0 radical (unpaired) electrons. The van der Waals surface area contributed by atoms with Crippen molar-refractivity contribution in [2.45, 2.75) is 45.1 Å². The van der Waals surface area contributed by atoms with Gasteiger partial charge in [0.1, 0.15) is 17.3 Å². The lowest BCUT2D eigenvalue weighted by atomic mass is 9.92. The number of carbonyl (C=O) groups is 1. The fraction of sp³-hybridized carbons (Fsp3) is 0.346. The van der Waals surface area contributed by atoms with Crippen LogP contribution >= 0.6 is 0 Å². The van der Waals surface area contributed by atoms with Crippen LogP contribution < -0.4 is 5.73 Å². The number of hydrogen-bond donors (Lipinski definition) is 2. The Morgan fingerprint density at radius 3 is 2.62 bits per heavy atom. The molecule has 0 aliphatic carbocycles. The van der Waals surface area contributed by atoms with E-state index in [9.17, 15) is 14.3 Å². The molecule has 1 aromatic heterocycles. The van der Waals surface area contributed by atoms with E-state index in [0.29, 0.717) is 34.1 Å². The monoisotopic (exact) mass is 464 g/mol. The SMILES string of the molecule is CC(c1ccc(-c2ccccc2)c(F)c1)c1onc(CN=C(N)N2CCCCC2)c1CC(=O)O. The minimum Gasteiger partial charge on any atom is -0.481 e. The molecule has 4 rings (SSSR count). The molecular formula is C26H29FN4O3. The molecule has 1 fully saturated rings. The Hall–Kier alpha value is -3.68. The zero-order chi connectivity index (χ0) is 24.1. The maximum absolute atomic E-state index is 14.9. The number of aliphatic imine (C=N–C) groups is 1. The topological polar surface area (TPSA) is 105 Å². The molecular weight excluding hydrogens is 435 g/mol. The number of aliphatic carboxylic acids is 1. The molecule has 178 valence electrons. The molecule has 0 saturated carbocycles. The van der Waals surface area contributed by atoms with Crippen LogP contribution in [0.1, 0.15) is 54.7 Å². The van der Waals surface area contributed by atoms with Crippen LogP contribution in [0.15, 0.2) is 58.0 Å². The van der Waals surface area contributed by atoms with Crippen molar-refractivity contribution in [2.75, 3.05) is 13.1 Å². The molecule has 2 aromatic carbocycles. The van der Waals surface area contributed by atoms with Gasteiger partial charge in [0.15, 0.2) is 5.96 Å². The van der Waals surface area contributed by atoms with E-state index < -0.39 is 11.9 Å². The van der Waals surface area contributed by atoms with E-state index in [1.807, 2.05) is 48.2 Å². The first-order valence-corrected chi connectivity index (χ1v) is 11.5. The summed E-state index contributed by atoms with van der Waals surface area (Å²) in [5.41, 5.74) is 9.00. The van der Waals surface area contributed by atoms with Gasteiger partial charge < -0.3 is 20.3 Å². The molecule has 3 N–H and O–H groups in total. The lowest BCUT2D eigenvalue weighted by Gasteiger charge is -2.27. The Kier molecular flexibility index (Phi) is 7.25. The van der Waals surface area contributed by atoms with Gasteiger partial charge in [-0.05, 0) is 36.5 Å². The summed E-state index contributed by atoms with van der Waals surface area (Å²) >= 11 is 0. The van der Waals surface area contributed by atoms with Gasteiger partial charge in [-0.15, -0.1) is 0 Å². The number of hydrogen-bond acceptors (Lipinski definition) is 4. The van der Waals surface area contributed by atoms with Crippen molar-refractivity contribution in [3.8, 4) is 11.1 Å². The summed E-state index contributed by atoms with van der Waals surface area (Å²) < 4.78 is 20.5. The number of benzene rings is 2. The third kappa shape index (κ3) is 5.27. The van der Waals surface area contributed by atoms with Gasteiger partial charge >= 0.3 is 5.97 Å². The quantitative estimate of drug-likeness (QED) is 0.392. The fourth-order valence-electron chi connectivity index (χ4n) is 4.34. The summed E-state index contributed by atoms with van der Waals surface area (Å²) in [4.78, 5) is 18.0. The summed E-state index contributed by atoms with van der Waals surface area (Å²) in [6.45, 7) is 3.70. The number of aromatic nitrogens is 1. The highest BCUT2D eigenvalue weighted by Crippen LogP contribution is 2.32. The van der Waals surface area contributed by atoms with Crippen molar-refractivity contribution in [3.63, 3.8) is 0 Å². The van der Waals surface area contributed by atoms with E-state index in [1.165, 1.54) is 12.5 Å². The normalized spacial score (nSPS) is 15.4. The average Bonchev–Trinajstić information content (AvgIpc) is 3.24. The van der Waals surface area contributed by atoms with Crippen molar-refractivity contribution in [2.24, 2.45) is 10.7 Å². The van der Waals surface area contributed by atoms with Gasteiger partial charge in [-0.1, -0.05) is 54.5 Å². The largest absolute Gasteiger partial charge is 0.481 e. The molecule has 1 aliphatic heterocycles. The highest BCUT2D eigenvalue weighted by atomic mass is 19.1. The van der Waals surface area contributed by atoms with Crippen LogP contribution in [0.25, 0.3) is 11.1 Å². The molecule has 0 spiro atoms. The van der Waals surface area contributed by atoms with Crippen molar-refractivity contribution in [3.05, 3.63) is 76.9 Å². The fourth-order valence-corrected chi connectivity index (χ4v) is 4.34. The lowest BCUT2D eigenvalue weighted by molar-refractivity contribution is -0.136. The van der Waals surface area contributed by atoms with E-state index in [2.05, 4.69) is 10.1 Å². The Morgan fingerprint density at radius 1 is 1.21 bits per heavy atom. The smallest absolute Gasteiger partial charge is 0.308 e. The standard InChI is InChI=1S/C26H29FN4O3/c1-17(19-10-11-20(22(27)14-19)18-8-4-2-5-9-18)25-21(15-24(32)33)23(30-34-25)16-29-26(28)31-12-6-3-7-13-31/h2,4-5,8-11,14,17H,3,6-7,12-13,15-16H2,1H3,(H2,28,29)(H,32,33). The van der Waals surface area contributed by atoms with Crippen LogP contribution in [0, 0.1) is 5.82 Å². The summed E-state index contributed by atoms with van der Waals surface area (Å²) in [7, 11) is 0.